The van der Waals surface area contributed by atoms with E-state index in [1.807, 2.05) is 0 Å². The molecule has 0 aliphatic heterocycles. The normalized spacial score (nSPS) is 14.2. The molecule has 0 atom stereocenters. The van der Waals surface area contributed by atoms with Crippen molar-refractivity contribution < 1.29 is 35.9 Å². The van der Waals surface area contributed by atoms with E-state index in [4.69, 9.17) is 5.73 Å². The number of carbonyl (C=O) groups excluding carboxylic acids is 2. The number of alkyl halides is 6. The minimum absolute atomic E-state index is 0.0105. The zero-order valence-electron chi connectivity index (χ0n) is 20.5. The van der Waals surface area contributed by atoms with Crippen LogP contribution in [0.5, 0.6) is 0 Å². The van der Waals surface area contributed by atoms with Crippen LogP contribution in [0, 0.1) is 6.92 Å². The molecule has 1 fully saturated rings. The van der Waals surface area contributed by atoms with Crippen LogP contribution in [0.15, 0.2) is 16.7 Å². The van der Waals surface area contributed by atoms with Crippen LogP contribution in [-0.4, -0.2) is 36.4 Å². The summed E-state index contributed by atoms with van der Waals surface area (Å²) in [4.78, 5) is 28.6. The number of aryl methyl sites for hydroxylation is 1. The zero-order valence-corrected chi connectivity index (χ0v) is 22.9. The Hall–Kier alpha value is -3.47. The second-order valence-corrected chi connectivity index (χ2v) is 11.0. The van der Waals surface area contributed by atoms with Crippen LogP contribution in [0.2, 0.25) is 0 Å². The molecule has 0 spiro atoms. The Morgan fingerprint density at radius 2 is 1.85 bits per heavy atom. The minimum atomic E-state index is -4.83. The van der Waals surface area contributed by atoms with Crippen molar-refractivity contribution in [3.05, 3.63) is 44.4 Å². The van der Waals surface area contributed by atoms with Gasteiger partial charge >= 0.3 is 12.4 Å². The first kappa shape index (κ1) is 28.1. The largest absolute Gasteiger partial charge is 0.436 e. The number of rotatable bonds is 6. The van der Waals surface area contributed by atoms with E-state index in [0.717, 1.165) is 10.7 Å². The number of primary amides is 1. The lowest BCUT2D eigenvalue weighted by Gasteiger charge is -2.13. The van der Waals surface area contributed by atoms with Gasteiger partial charge in [-0.05, 0) is 47.3 Å². The van der Waals surface area contributed by atoms with Crippen molar-refractivity contribution >= 4 is 55.0 Å². The first-order valence-electron chi connectivity index (χ1n) is 11.5. The molecule has 0 radical (unpaired) electrons. The third-order valence-electron chi connectivity index (χ3n) is 6.42. The number of hydrogen-bond donors (Lipinski definition) is 2. The molecule has 4 heterocycles. The second kappa shape index (κ2) is 9.57. The van der Waals surface area contributed by atoms with Crippen LogP contribution in [0.3, 0.4) is 0 Å². The lowest BCUT2D eigenvalue weighted by molar-refractivity contribution is -0.142. The number of halogens is 7. The van der Waals surface area contributed by atoms with E-state index < -0.39 is 42.1 Å². The average Bonchev–Trinajstić information content (AvgIpc) is 3.41. The SMILES string of the molecule is Cc1c(-c2cc(C(F)(F)F)nc3sc(C(N)=O)c(NC(=O)Cn4nc(C(F)(F)F)c(Br)c4C4CC4)c23)cnn1C. The molecule has 9 nitrogen and oxygen atoms in total. The molecular formula is C23H18BrF6N7O2S. The predicted octanol–water partition coefficient (Wildman–Crippen LogP) is 5.62. The van der Waals surface area contributed by atoms with E-state index in [1.165, 1.54) is 10.9 Å². The van der Waals surface area contributed by atoms with E-state index >= 15 is 0 Å². The van der Waals surface area contributed by atoms with E-state index in [0.29, 0.717) is 29.9 Å². The van der Waals surface area contributed by atoms with Gasteiger partial charge in [0.15, 0.2) is 5.69 Å². The van der Waals surface area contributed by atoms with Crippen molar-refractivity contribution in [2.24, 2.45) is 12.8 Å². The van der Waals surface area contributed by atoms with Crippen LogP contribution in [0.1, 0.15) is 51.2 Å². The minimum Gasteiger partial charge on any atom is -0.365 e. The van der Waals surface area contributed by atoms with Crippen molar-refractivity contribution in [3.63, 3.8) is 0 Å². The van der Waals surface area contributed by atoms with Gasteiger partial charge in [-0.15, -0.1) is 11.3 Å². The summed E-state index contributed by atoms with van der Waals surface area (Å²) in [5.41, 5.74) is 3.85. The highest BCUT2D eigenvalue weighted by Crippen LogP contribution is 2.47. The average molecular weight is 650 g/mol. The zero-order chi connectivity index (χ0) is 29.3. The first-order valence-corrected chi connectivity index (χ1v) is 13.2. The fourth-order valence-electron chi connectivity index (χ4n) is 4.33. The van der Waals surface area contributed by atoms with E-state index in [1.54, 1.807) is 14.0 Å². The molecule has 40 heavy (non-hydrogen) atoms. The molecule has 1 aliphatic rings. The number of nitrogens with one attached hydrogen (secondary N) is 1. The topological polar surface area (TPSA) is 121 Å². The molecule has 1 saturated carbocycles. The van der Waals surface area contributed by atoms with E-state index in [9.17, 15) is 35.9 Å². The van der Waals surface area contributed by atoms with Crippen LogP contribution in [0.25, 0.3) is 21.3 Å². The van der Waals surface area contributed by atoms with Crippen molar-refractivity contribution in [1.82, 2.24) is 24.5 Å². The maximum atomic E-state index is 13.7. The maximum absolute atomic E-state index is 13.7. The first-order chi connectivity index (χ1) is 18.6. The van der Waals surface area contributed by atoms with Gasteiger partial charge < -0.3 is 11.1 Å². The lowest BCUT2D eigenvalue weighted by atomic mass is 10.0. The number of fused-ring (bicyclic) bond motifs is 1. The summed E-state index contributed by atoms with van der Waals surface area (Å²) >= 11 is 3.51. The number of nitrogens with two attached hydrogens (primary N) is 1. The summed E-state index contributed by atoms with van der Waals surface area (Å²) in [5, 5.41) is 10.2. The fraction of sp³-hybridized carbons (Fsp3) is 0.348. The highest BCUT2D eigenvalue weighted by atomic mass is 79.9. The standard InChI is InChI=1S/C23H18BrF6N7O2S/c1-8-11(6-32-36(8)2)10-5-12(22(25,26)27)33-21-14(10)16(18(40-21)20(31)39)34-13(38)7-37-17(9-3-4-9)15(24)19(35-37)23(28,29)30/h5-6,9H,3-4,7H2,1-2H3,(H2,31,39)(H,34,38). The van der Waals surface area contributed by atoms with Crippen LogP contribution >= 0.6 is 27.3 Å². The number of amides is 2. The molecule has 0 aromatic carbocycles. The molecule has 212 valence electrons. The monoisotopic (exact) mass is 649 g/mol. The van der Waals surface area contributed by atoms with Crippen molar-refractivity contribution in [2.75, 3.05) is 5.32 Å². The Bertz CT molecular complexity index is 1680. The Kier molecular flexibility index (Phi) is 6.72. The van der Waals surface area contributed by atoms with Gasteiger partial charge in [0.25, 0.3) is 5.91 Å². The van der Waals surface area contributed by atoms with Gasteiger partial charge in [-0.2, -0.15) is 36.5 Å². The van der Waals surface area contributed by atoms with Gasteiger partial charge in [-0.1, -0.05) is 0 Å². The molecule has 3 N–H and O–H groups in total. The van der Waals surface area contributed by atoms with Gasteiger partial charge in [0.2, 0.25) is 5.91 Å². The highest BCUT2D eigenvalue weighted by Gasteiger charge is 2.42. The van der Waals surface area contributed by atoms with Crippen LogP contribution < -0.4 is 11.1 Å². The summed E-state index contributed by atoms with van der Waals surface area (Å²) in [6.07, 6.45) is -7.04. The molecule has 2 amide bonds. The Morgan fingerprint density at radius 3 is 2.38 bits per heavy atom. The van der Waals surface area contributed by atoms with E-state index in [-0.39, 0.29) is 48.0 Å². The third kappa shape index (κ3) is 4.95. The number of nitrogens with zero attached hydrogens (tertiary/aromatic N) is 5. The molecule has 0 unspecified atom stereocenters. The van der Waals surface area contributed by atoms with Crippen molar-refractivity contribution in [2.45, 2.75) is 44.6 Å². The quantitative estimate of drug-likeness (QED) is 0.263. The van der Waals surface area contributed by atoms with Gasteiger partial charge in [0.05, 0.1) is 22.1 Å². The molecule has 0 saturated heterocycles. The smallest absolute Gasteiger partial charge is 0.365 e. The number of thiophene rings is 1. The number of aromatic nitrogens is 5. The Labute approximate surface area is 233 Å². The van der Waals surface area contributed by atoms with Gasteiger partial charge in [0.1, 0.15) is 21.9 Å². The molecule has 1 aliphatic carbocycles. The van der Waals surface area contributed by atoms with Crippen molar-refractivity contribution in [3.8, 4) is 11.1 Å². The molecule has 5 rings (SSSR count). The van der Waals surface area contributed by atoms with Crippen LogP contribution in [-0.2, 0) is 30.7 Å². The summed E-state index contributed by atoms with van der Waals surface area (Å²) < 4.78 is 83.8. The number of anilines is 1. The summed E-state index contributed by atoms with van der Waals surface area (Å²) in [6, 6.07) is 0.783. The molecule has 4 aromatic heterocycles. The summed E-state index contributed by atoms with van der Waals surface area (Å²) in [5.74, 6) is -2.14. The fourth-order valence-corrected chi connectivity index (χ4v) is 6.17. The molecule has 4 aromatic rings. The summed E-state index contributed by atoms with van der Waals surface area (Å²) in [6.45, 7) is 0.958. The molecular weight excluding hydrogens is 632 g/mol. The van der Waals surface area contributed by atoms with E-state index in [2.05, 4.69) is 36.4 Å². The third-order valence-corrected chi connectivity index (χ3v) is 8.30. The Morgan fingerprint density at radius 1 is 1.18 bits per heavy atom. The number of carbonyl (C=O) groups is 2. The maximum Gasteiger partial charge on any atom is 0.436 e. The summed E-state index contributed by atoms with van der Waals surface area (Å²) in [7, 11) is 1.59. The molecule has 17 heteroatoms. The number of hydrogen-bond acceptors (Lipinski definition) is 6. The Balaban J connectivity index is 1.63. The second-order valence-electron chi connectivity index (χ2n) is 9.20. The predicted molar refractivity (Wildman–Crippen MR) is 136 cm³/mol. The van der Waals surface area contributed by atoms with Crippen LogP contribution in [0.4, 0.5) is 32.0 Å². The van der Waals surface area contributed by atoms with Gasteiger partial charge in [-0.3, -0.25) is 19.0 Å². The van der Waals surface area contributed by atoms with Crippen molar-refractivity contribution in [1.29, 1.82) is 0 Å². The number of pyridine rings is 1. The lowest BCUT2D eigenvalue weighted by Crippen LogP contribution is -2.23. The van der Waals surface area contributed by atoms with Gasteiger partial charge in [-0.25, -0.2) is 4.98 Å². The molecule has 0 bridgehead atoms. The van der Waals surface area contributed by atoms with Gasteiger partial charge in [0, 0.05) is 29.6 Å². The highest BCUT2D eigenvalue weighted by molar-refractivity contribution is 9.10.